The maximum absolute atomic E-state index is 12.3. The molecule has 0 bridgehead atoms. The first kappa shape index (κ1) is 17.4. The first-order valence-corrected chi connectivity index (χ1v) is 9.52. The minimum absolute atomic E-state index is 0.159. The second kappa shape index (κ2) is 8.63. The number of carbonyl (C=O) groups is 1. The lowest BCUT2D eigenvalue weighted by Gasteiger charge is -2.30. The molecule has 1 aliphatic carbocycles. The van der Waals surface area contributed by atoms with E-state index in [-0.39, 0.29) is 11.3 Å². The summed E-state index contributed by atoms with van der Waals surface area (Å²) in [4.78, 5) is 13.8. The van der Waals surface area contributed by atoms with Gasteiger partial charge in [0, 0.05) is 24.8 Å². The summed E-state index contributed by atoms with van der Waals surface area (Å²) in [7, 11) is 0. The van der Waals surface area contributed by atoms with Gasteiger partial charge in [-0.3, -0.25) is 4.79 Å². The minimum Gasteiger partial charge on any atom is -0.370 e. The fourth-order valence-electron chi connectivity index (χ4n) is 4.18. The lowest BCUT2D eigenvalue weighted by atomic mass is 9.79. The molecular formula is C20H31N2O2+. The Bertz CT molecular complexity index is 506. The molecule has 2 fully saturated rings. The molecule has 1 amide bonds. The van der Waals surface area contributed by atoms with E-state index in [2.05, 4.69) is 35.6 Å². The quantitative estimate of drug-likeness (QED) is 0.791. The maximum Gasteiger partial charge on any atom is 0.220 e. The number of carbonyl (C=O) groups excluding carboxylic acids is 1. The molecule has 1 aromatic carbocycles. The number of quaternary nitrogens is 1. The van der Waals surface area contributed by atoms with Gasteiger partial charge in [0.1, 0.15) is 13.1 Å². The van der Waals surface area contributed by atoms with E-state index in [0.29, 0.717) is 6.42 Å². The van der Waals surface area contributed by atoms with Gasteiger partial charge in [-0.25, -0.2) is 0 Å². The normalized spacial score (nSPS) is 20.8. The van der Waals surface area contributed by atoms with Gasteiger partial charge in [-0.15, -0.1) is 0 Å². The zero-order chi connectivity index (χ0) is 16.7. The average Bonchev–Trinajstić information content (AvgIpc) is 3.12. The summed E-state index contributed by atoms with van der Waals surface area (Å²) in [6.07, 6.45) is 6.54. The minimum atomic E-state index is 0.159. The Morgan fingerprint density at radius 1 is 1.12 bits per heavy atom. The third kappa shape index (κ3) is 4.58. The van der Waals surface area contributed by atoms with Crippen LogP contribution in [0.3, 0.4) is 0 Å². The molecule has 0 aromatic heterocycles. The van der Waals surface area contributed by atoms with Gasteiger partial charge in [-0.05, 0) is 18.4 Å². The van der Waals surface area contributed by atoms with E-state index in [1.807, 2.05) is 0 Å². The predicted octanol–water partition coefficient (Wildman–Crippen LogP) is 1.31. The Labute approximate surface area is 145 Å². The van der Waals surface area contributed by atoms with Crippen molar-refractivity contribution in [2.75, 3.05) is 39.4 Å². The second-order valence-electron chi connectivity index (χ2n) is 7.35. The Hall–Kier alpha value is -1.39. The van der Waals surface area contributed by atoms with Crippen LogP contribution in [0.1, 0.15) is 44.1 Å². The number of morpholine rings is 1. The van der Waals surface area contributed by atoms with Crippen molar-refractivity contribution in [2.24, 2.45) is 0 Å². The van der Waals surface area contributed by atoms with E-state index in [4.69, 9.17) is 4.74 Å². The molecular weight excluding hydrogens is 300 g/mol. The van der Waals surface area contributed by atoms with Gasteiger partial charge < -0.3 is 15.0 Å². The highest BCUT2D eigenvalue weighted by molar-refractivity contribution is 5.76. The number of amides is 1. The summed E-state index contributed by atoms with van der Waals surface area (Å²) < 4.78 is 5.38. The Balaban J connectivity index is 1.44. The molecule has 1 aliphatic heterocycles. The van der Waals surface area contributed by atoms with Crippen LogP contribution in [0.25, 0.3) is 0 Å². The van der Waals surface area contributed by atoms with E-state index >= 15 is 0 Å². The molecule has 4 heteroatoms. The van der Waals surface area contributed by atoms with Gasteiger partial charge in [-0.1, -0.05) is 43.2 Å². The molecule has 2 N–H and O–H groups in total. The molecule has 1 saturated heterocycles. The number of rotatable bonds is 7. The number of nitrogens with one attached hydrogen (secondary N) is 2. The van der Waals surface area contributed by atoms with Crippen molar-refractivity contribution in [3.63, 3.8) is 0 Å². The standard InChI is InChI=1S/C20H30N2O2/c23-19(9-6-12-22-13-15-24-16-14-22)21-17-20(10-4-5-11-20)18-7-2-1-3-8-18/h1-3,7-8H,4-6,9-17H2,(H,21,23)/p+1. The lowest BCUT2D eigenvalue weighted by Crippen LogP contribution is -3.14. The maximum atomic E-state index is 12.3. The topological polar surface area (TPSA) is 42.8 Å². The van der Waals surface area contributed by atoms with Crippen molar-refractivity contribution in [2.45, 2.75) is 43.9 Å². The molecule has 3 rings (SSSR count). The lowest BCUT2D eigenvalue weighted by molar-refractivity contribution is -0.908. The van der Waals surface area contributed by atoms with Gasteiger partial charge in [0.2, 0.25) is 5.91 Å². The monoisotopic (exact) mass is 331 g/mol. The third-order valence-corrected chi connectivity index (χ3v) is 5.70. The van der Waals surface area contributed by atoms with Crippen molar-refractivity contribution < 1.29 is 14.4 Å². The summed E-state index contributed by atoms with van der Waals surface area (Å²) >= 11 is 0. The molecule has 1 aromatic rings. The number of hydrogen-bond donors (Lipinski definition) is 2. The van der Waals surface area contributed by atoms with Gasteiger partial charge in [0.15, 0.2) is 0 Å². The fourth-order valence-corrected chi connectivity index (χ4v) is 4.18. The first-order chi connectivity index (χ1) is 11.8. The highest BCUT2D eigenvalue weighted by Crippen LogP contribution is 2.40. The number of hydrogen-bond acceptors (Lipinski definition) is 2. The van der Waals surface area contributed by atoms with Crippen molar-refractivity contribution in [3.8, 4) is 0 Å². The van der Waals surface area contributed by atoms with Gasteiger partial charge in [-0.2, -0.15) is 0 Å². The average molecular weight is 331 g/mol. The summed E-state index contributed by atoms with van der Waals surface area (Å²) in [5, 5.41) is 3.23. The van der Waals surface area contributed by atoms with Crippen LogP contribution < -0.4 is 10.2 Å². The first-order valence-electron chi connectivity index (χ1n) is 9.52. The summed E-state index contributed by atoms with van der Waals surface area (Å²) in [6, 6.07) is 10.7. The molecule has 2 aliphatic rings. The summed E-state index contributed by atoms with van der Waals surface area (Å²) in [5.41, 5.74) is 1.55. The van der Waals surface area contributed by atoms with Crippen molar-refractivity contribution in [1.29, 1.82) is 0 Å². The van der Waals surface area contributed by atoms with Crippen molar-refractivity contribution in [1.82, 2.24) is 5.32 Å². The van der Waals surface area contributed by atoms with Gasteiger partial charge in [0.25, 0.3) is 0 Å². The Morgan fingerprint density at radius 2 is 1.83 bits per heavy atom. The van der Waals surface area contributed by atoms with Crippen molar-refractivity contribution in [3.05, 3.63) is 35.9 Å². The van der Waals surface area contributed by atoms with Crippen LogP contribution >= 0.6 is 0 Å². The molecule has 1 heterocycles. The second-order valence-corrected chi connectivity index (χ2v) is 7.35. The molecule has 1 saturated carbocycles. The van der Waals surface area contributed by atoms with Gasteiger partial charge >= 0.3 is 0 Å². The molecule has 0 unspecified atom stereocenters. The molecule has 0 atom stereocenters. The molecule has 0 spiro atoms. The van der Waals surface area contributed by atoms with Crippen LogP contribution in [0, 0.1) is 0 Å². The zero-order valence-electron chi connectivity index (χ0n) is 14.7. The molecule has 4 nitrogen and oxygen atoms in total. The van der Waals surface area contributed by atoms with Crippen LogP contribution in [0.2, 0.25) is 0 Å². The predicted molar refractivity (Wildman–Crippen MR) is 95.2 cm³/mol. The van der Waals surface area contributed by atoms with E-state index in [1.54, 1.807) is 4.90 Å². The largest absolute Gasteiger partial charge is 0.370 e. The molecule has 0 radical (unpaired) electrons. The molecule has 24 heavy (non-hydrogen) atoms. The van der Waals surface area contributed by atoms with E-state index in [0.717, 1.165) is 45.8 Å². The summed E-state index contributed by atoms with van der Waals surface area (Å²) in [5.74, 6) is 0.213. The highest BCUT2D eigenvalue weighted by atomic mass is 16.5. The zero-order valence-corrected chi connectivity index (χ0v) is 14.7. The van der Waals surface area contributed by atoms with Crippen LogP contribution in [-0.2, 0) is 14.9 Å². The van der Waals surface area contributed by atoms with Gasteiger partial charge in [0.05, 0.1) is 19.8 Å². The van der Waals surface area contributed by atoms with E-state index < -0.39 is 0 Å². The van der Waals surface area contributed by atoms with Crippen molar-refractivity contribution >= 4 is 5.91 Å². The van der Waals surface area contributed by atoms with Crippen LogP contribution in [0.4, 0.5) is 0 Å². The number of benzene rings is 1. The smallest absolute Gasteiger partial charge is 0.220 e. The van der Waals surface area contributed by atoms with Crippen LogP contribution in [0.5, 0.6) is 0 Å². The van der Waals surface area contributed by atoms with E-state index in [9.17, 15) is 4.79 Å². The fraction of sp³-hybridized carbons (Fsp3) is 0.650. The number of ether oxygens (including phenoxy) is 1. The summed E-state index contributed by atoms with van der Waals surface area (Å²) in [6.45, 7) is 5.76. The third-order valence-electron chi connectivity index (χ3n) is 5.70. The SMILES string of the molecule is O=C(CCC[NH+]1CCOCC1)NCC1(c2ccccc2)CCCC1. The van der Waals surface area contributed by atoms with Crippen LogP contribution in [-0.4, -0.2) is 45.3 Å². The Kier molecular flexibility index (Phi) is 6.27. The highest BCUT2D eigenvalue weighted by Gasteiger charge is 2.35. The Morgan fingerprint density at radius 3 is 2.54 bits per heavy atom. The molecule has 132 valence electrons. The van der Waals surface area contributed by atoms with E-state index in [1.165, 1.54) is 31.2 Å². The van der Waals surface area contributed by atoms with Crippen LogP contribution in [0.15, 0.2) is 30.3 Å².